The van der Waals surface area contributed by atoms with E-state index < -0.39 is 0 Å². The molecule has 18 heavy (non-hydrogen) atoms. The van der Waals surface area contributed by atoms with Crippen LogP contribution < -0.4 is 0 Å². The number of hydrogen-bond acceptors (Lipinski definition) is 1. The van der Waals surface area contributed by atoms with Crippen LogP contribution in [0.1, 0.15) is 69.7 Å². The smallest absolute Gasteiger partial charge is 0.0807 e. The molecule has 1 aliphatic carbocycles. The molecule has 0 radical (unpaired) electrons. The second-order valence-electron chi connectivity index (χ2n) is 5.69. The number of aromatic nitrogens is 1. The highest BCUT2D eigenvalue weighted by atomic mass is 16.3. The van der Waals surface area contributed by atoms with Gasteiger partial charge >= 0.3 is 0 Å². The maximum atomic E-state index is 9.99. The molecule has 0 spiro atoms. The van der Waals surface area contributed by atoms with Crippen LogP contribution in [0.25, 0.3) is 0 Å². The molecular formula is C16H27NO. The standard InChI is InChI=1S/C16H27NO/c1-3-5-7-13(4-2)12-17-11-10-14-15(17)8-6-9-16(14)18/h10-11,13,16,18H,3-9,12H2,1-2H3. The molecule has 0 aromatic carbocycles. The van der Waals surface area contributed by atoms with Gasteiger partial charge in [0.25, 0.3) is 0 Å². The van der Waals surface area contributed by atoms with Crippen molar-refractivity contribution in [3.05, 3.63) is 23.5 Å². The largest absolute Gasteiger partial charge is 0.388 e. The van der Waals surface area contributed by atoms with Crippen molar-refractivity contribution in [2.24, 2.45) is 5.92 Å². The van der Waals surface area contributed by atoms with Crippen molar-refractivity contribution in [1.29, 1.82) is 0 Å². The first-order chi connectivity index (χ1) is 8.76. The van der Waals surface area contributed by atoms with E-state index in [-0.39, 0.29) is 6.10 Å². The van der Waals surface area contributed by atoms with Crippen LogP contribution in [0.5, 0.6) is 0 Å². The molecule has 2 nitrogen and oxygen atoms in total. The van der Waals surface area contributed by atoms with Crippen LogP contribution in [0.3, 0.4) is 0 Å². The zero-order valence-corrected chi connectivity index (χ0v) is 11.9. The van der Waals surface area contributed by atoms with Crippen LogP contribution in [-0.2, 0) is 13.0 Å². The van der Waals surface area contributed by atoms with Gasteiger partial charge in [0.05, 0.1) is 6.10 Å². The molecule has 0 aliphatic heterocycles. The number of unbranched alkanes of at least 4 members (excludes halogenated alkanes) is 1. The molecular weight excluding hydrogens is 222 g/mol. The van der Waals surface area contributed by atoms with Crippen molar-refractivity contribution < 1.29 is 5.11 Å². The van der Waals surface area contributed by atoms with Crippen LogP contribution in [0.2, 0.25) is 0 Å². The maximum absolute atomic E-state index is 9.99. The molecule has 0 saturated carbocycles. The summed E-state index contributed by atoms with van der Waals surface area (Å²) in [7, 11) is 0. The van der Waals surface area contributed by atoms with Crippen LogP contribution in [0.15, 0.2) is 12.3 Å². The van der Waals surface area contributed by atoms with Gasteiger partial charge in [0, 0.05) is 24.0 Å². The van der Waals surface area contributed by atoms with E-state index in [1.807, 2.05) is 0 Å². The lowest BCUT2D eigenvalue weighted by atomic mass is 9.94. The van der Waals surface area contributed by atoms with Gasteiger partial charge in [0.15, 0.2) is 0 Å². The van der Waals surface area contributed by atoms with E-state index in [4.69, 9.17) is 0 Å². The monoisotopic (exact) mass is 249 g/mol. The lowest BCUT2D eigenvalue weighted by molar-refractivity contribution is 0.155. The van der Waals surface area contributed by atoms with Crippen molar-refractivity contribution in [3.8, 4) is 0 Å². The molecule has 102 valence electrons. The Balaban J connectivity index is 2.04. The van der Waals surface area contributed by atoms with E-state index in [0.717, 1.165) is 31.7 Å². The normalized spacial score (nSPS) is 20.7. The van der Waals surface area contributed by atoms with Gasteiger partial charge in [-0.25, -0.2) is 0 Å². The molecule has 1 aromatic rings. The van der Waals surface area contributed by atoms with E-state index in [1.165, 1.54) is 36.9 Å². The number of hydrogen-bond donors (Lipinski definition) is 1. The summed E-state index contributed by atoms with van der Waals surface area (Å²) in [6.07, 6.45) is 10.4. The quantitative estimate of drug-likeness (QED) is 0.807. The summed E-state index contributed by atoms with van der Waals surface area (Å²) in [6.45, 7) is 5.70. The van der Waals surface area contributed by atoms with Gasteiger partial charge < -0.3 is 9.67 Å². The van der Waals surface area contributed by atoms with E-state index >= 15 is 0 Å². The van der Waals surface area contributed by atoms with Crippen LogP contribution in [-0.4, -0.2) is 9.67 Å². The summed E-state index contributed by atoms with van der Waals surface area (Å²) in [5.41, 5.74) is 2.58. The van der Waals surface area contributed by atoms with Crippen molar-refractivity contribution in [3.63, 3.8) is 0 Å². The molecule has 2 heteroatoms. The number of fused-ring (bicyclic) bond motifs is 1. The van der Waals surface area contributed by atoms with Gasteiger partial charge in [0.1, 0.15) is 0 Å². The molecule has 0 saturated heterocycles. The van der Waals surface area contributed by atoms with E-state index in [1.54, 1.807) is 0 Å². The lowest BCUT2D eigenvalue weighted by Gasteiger charge is -2.22. The zero-order valence-electron chi connectivity index (χ0n) is 11.9. The fourth-order valence-electron chi connectivity index (χ4n) is 3.10. The topological polar surface area (TPSA) is 25.2 Å². The first-order valence-electron chi connectivity index (χ1n) is 7.62. The molecule has 1 aliphatic rings. The first-order valence-corrected chi connectivity index (χ1v) is 7.62. The molecule has 0 amide bonds. The lowest BCUT2D eigenvalue weighted by Crippen LogP contribution is -2.15. The predicted molar refractivity (Wildman–Crippen MR) is 75.6 cm³/mol. The second-order valence-corrected chi connectivity index (χ2v) is 5.69. The third kappa shape index (κ3) is 2.97. The van der Waals surface area contributed by atoms with Crippen LogP contribution >= 0.6 is 0 Å². The van der Waals surface area contributed by atoms with E-state index in [2.05, 4.69) is 30.7 Å². The molecule has 0 bridgehead atoms. The molecule has 2 unspecified atom stereocenters. The van der Waals surface area contributed by atoms with E-state index in [9.17, 15) is 5.11 Å². The number of aliphatic hydroxyl groups excluding tert-OH is 1. The van der Waals surface area contributed by atoms with Gasteiger partial charge in [-0.3, -0.25) is 0 Å². The molecule has 1 aromatic heterocycles. The van der Waals surface area contributed by atoms with E-state index in [0.29, 0.717) is 0 Å². The highest BCUT2D eigenvalue weighted by Gasteiger charge is 2.21. The molecule has 1 N–H and O–H groups in total. The van der Waals surface area contributed by atoms with Gasteiger partial charge in [0.2, 0.25) is 0 Å². The Morgan fingerprint density at radius 1 is 1.44 bits per heavy atom. The summed E-state index contributed by atoms with van der Waals surface area (Å²) < 4.78 is 2.40. The van der Waals surface area contributed by atoms with Crippen molar-refractivity contribution in [2.45, 2.75) is 71.4 Å². The Hall–Kier alpha value is -0.760. The minimum absolute atomic E-state index is 0.217. The Morgan fingerprint density at radius 2 is 2.28 bits per heavy atom. The summed E-state index contributed by atoms with van der Waals surface area (Å²) in [4.78, 5) is 0. The van der Waals surface area contributed by atoms with Crippen molar-refractivity contribution in [2.75, 3.05) is 0 Å². The average molecular weight is 249 g/mol. The summed E-state index contributed by atoms with van der Waals surface area (Å²) in [5, 5.41) is 9.99. The second kappa shape index (κ2) is 6.42. The minimum Gasteiger partial charge on any atom is -0.388 e. The maximum Gasteiger partial charge on any atom is 0.0807 e. The zero-order chi connectivity index (χ0) is 13.0. The Morgan fingerprint density at radius 3 is 3.00 bits per heavy atom. The average Bonchev–Trinajstić information content (AvgIpc) is 2.79. The van der Waals surface area contributed by atoms with Gasteiger partial charge in [-0.05, 0) is 37.7 Å². The number of aliphatic hydroxyl groups is 1. The Labute approximate surface area is 111 Å². The van der Waals surface area contributed by atoms with Crippen molar-refractivity contribution >= 4 is 0 Å². The summed E-state index contributed by atoms with van der Waals surface area (Å²) in [5.74, 6) is 0.792. The number of nitrogens with zero attached hydrogens (tertiary/aromatic N) is 1. The first kappa shape index (κ1) is 13.7. The van der Waals surface area contributed by atoms with Gasteiger partial charge in [-0.15, -0.1) is 0 Å². The summed E-state index contributed by atoms with van der Waals surface area (Å²) in [6, 6.07) is 2.13. The highest BCUT2D eigenvalue weighted by molar-refractivity contribution is 5.27. The SMILES string of the molecule is CCCCC(CC)Cn1ccc2c1CCCC2O. The van der Waals surface area contributed by atoms with Crippen LogP contribution in [0, 0.1) is 5.92 Å². The Kier molecular flexibility index (Phi) is 4.87. The predicted octanol–water partition coefficient (Wildman–Crippen LogP) is 4.07. The third-order valence-electron chi connectivity index (χ3n) is 4.36. The molecule has 2 rings (SSSR count). The van der Waals surface area contributed by atoms with Gasteiger partial charge in [-0.2, -0.15) is 0 Å². The van der Waals surface area contributed by atoms with Crippen LogP contribution in [0.4, 0.5) is 0 Å². The molecule has 2 atom stereocenters. The molecule has 1 heterocycles. The third-order valence-corrected chi connectivity index (χ3v) is 4.36. The fraction of sp³-hybridized carbons (Fsp3) is 0.750. The summed E-state index contributed by atoms with van der Waals surface area (Å²) >= 11 is 0. The highest BCUT2D eigenvalue weighted by Crippen LogP contribution is 2.31. The van der Waals surface area contributed by atoms with Gasteiger partial charge in [-0.1, -0.05) is 33.1 Å². The fourth-order valence-corrected chi connectivity index (χ4v) is 3.10. The molecule has 0 fully saturated rings. The minimum atomic E-state index is -0.217. The Bertz CT molecular complexity index is 369. The van der Waals surface area contributed by atoms with Crippen molar-refractivity contribution in [1.82, 2.24) is 4.57 Å². The number of rotatable bonds is 6.